The molecule has 0 amide bonds. The first-order chi connectivity index (χ1) is 10.6. The molecule has 7 heteroatoms. The molecule has 0 saturated heterocycles. The van der Waals surface area contributed by atoms with E-state index in [4.69, 9.17) is 9.26 Å². The van der Waals surface area contributed by atoms with Gasteiger partial charge in [-0.1, -0.05) is 11.2 Å². The molecule has 1 atom stereocenters. The Morgan fingerprint density at radius 1 is 1.32 bits per heavy atom. The summed E-state index contributed by atoms with van der Waals surface area (Å²) in [5.41, 5.74) is 2.03. The second kappa shape index (κ2) is 4.95. The molecular weight excluding hydrogens is 304 g/mol. The van der Waals surface area contributed by atoms with E-state index in [-0.39, 0.29) is 11.7 Å². The Bertz CT molecular complexity index is 854. The summed E-state index contributed by atoms with van der Waals surface area (Å²) in [5.74, 6) is 1.91. The Balaban J connectivity index is 1.53. The largest absolute Gasteiger partial charge is 0.493 e. The van der Waals surface area contributed by atoms with Crippen LogP contribution in [0.2, 0.25) is 0 Å². The molecule has 0 fully saturated rings. The van der Waals surface area contributed by atoms with Crippen LogP contribution < -0.4 is 4.74 Å². The van der Waals surface area contributed by atoms with Gasteiger partial charge in [-0.2, -0.15) is 4.98 Å². The SMILES string of the molecule is O=S1(=O)C=CC(Cc2nc(-c3ccc4c(c3)CCO4)no2)C1. The van der Waals surface area contributed by atoms with Crippen LogP contribution in [0.5, 0.6) is 5.75 Å². The molecule has 4 rings (SSSR count). The van der Waals surface area contributed by atoms with Gasteiger partial charge in [-0.25, -0.2) is 8.42 Å². The second-order valence-corrected chi connectivity index (χ2v) is 7.49. The molecule has 0 N–H and O–H groups in total. The third-order valence-corrected chi connectivity index (χ3v) is 5.32. The van der Waals surface area contributed by atoms with E-state index in [0.29, 0.717) is 24.7 Å². The lowest BCUT2D eigenvalue weighted by Crippen LogP contribution is -2.08. The number of aromatic nitrogens is 2. The van der Waals surface area contributed by atoms with E-state index in [1.165, 1.54) is 5.41 Å². The molecule has 6 nitrogen and oxygen atoms in total. The van der Waals surface area contributed by atoms with Crippen LogP contribution in [0.15, 0.2) is 34.2 Å². The van der Waals surface area contributed by atoms with Crippen molar-refractivity contribution in [3.63, 3.8) is 0 Å². The van der Waals surface area contributed by atoms with Crippen molar-refractivity contribution in [2.75, 3.05) is 12.4 Å². The predicted molar refractivity (Wildman–Crippen MR) is 79.1 cm³/mol. The van der Waals surface area contributed by atoms with Gasteiger partial charge in [-0.3, -0.25) is 0 Å². The van der Waals surface area contributed by atoms with Crippen molar-refractivity contribution >= 4 is 9.84 Å². The van der Waals surface area contributed by atoms with Crippen molar-refractivity contribution < 1.29 is 17.7 Å². The first-order valence-corrected chi connectivity index (χ1v) is 8.80. The minimum atomic E-state index is -3.05. The van der Waals surface area contributed by atoms with Crippen LogP contribution in [0.1, 0.15) is 11.5 Å². The summed E-state index contributed by atoms with van der Waals surface area (Å²) in [6.45, 7) is 0.707. The molecule has 2 aliphatic heterocycles. The van der Waals surface area contributed by atoms with Gasteiger partial charge in [0, 0.05) is 29.7 Å². The lowest BCUT2D eigenvalue weighted by molar-refractivity contribution is 0.357. The Morgan fingerprint density at radius 3 is 3.05 bits per heavy atom. The van der Waals surface area contributed by atoms with Crippen molar-refractivity contribution in [2.45, 2.75) is 12.8 Å². The maximum absolute atomic E-state index is 11.4. The summed E-state index contributed by atoms with van der Waals surface area (Å²) in [6.07, 6.45) is 3.02. The quantitative estimate of drug-likeness (QED) is 0.858. The number of hydrogen-bond donors (Lipinski definition) is 0. The van der Waals surface area contributed by atoms with E-state index in [0.717, 1.165) is 23.3 Å². The summed E-state index contributed by atoms with van der Waals surface area (Å²) < 4.78 is 33.5. The highest BCUT2D eigenvalue weighted by Crippen LogP contribution is 2.29. The van der Waals surface area contributed by atoms with E-state index >= 15 is 0 Å². The van der Waals surface area contributed by atoms with Gasteiger partial charge in [0.25, 0.3) is 0 Å². The lowest BCUT2D eigenvalue weighted by Gasteiger charge is -2.01. The second-order valence-electron chi connectivity index (χ2n) is 5.55. The molecule has 0 radical (unpaired) electrons. The molecule has 0 spiro atoms. The summed E-state index contributed by atoms with van der Waals surface area (Å²) in [5, 5.41) is 5.25. The van der Waals surface area contributed by atoms with E-state index in [1.54, 1.807) is 6.08 Å². The van der Waals surface area contributed by atoms with Crippen molar-refractivity contribution in [3.05, 3.63) is 41.1 Å². The maximum Gasteiger partial charge on any atom is 0.227 e. The molecule has 1 aromatic carbocycles. The topological polar surface area (TPSA) is 82.3 Å². The third kappa shape index (κ3) is 2.52. The van der Waals surface area contributed by atoms with Gasteiger partial charge < -0.3 is 9.26 Å². The first-order valence-electron chi connectivity index (χ1n) is 7.09. The highest BCUT2D eigenvalue weighted by Gasteiger charge is 2.24. The Morgan fingerprint density at radius 2 is 2.23 bits per heavy atom. The average molecular weight is 318 g/mol. The summed E-state index contributed by atoms with van der Waals surface area (Å²) in [4.78, 5) is 4.37. The van der Waals surface area contributed by atoms with E-state index in [9.17, 15) is 8.42 Å². The normalized spacial score (nSPS) is 21.7. The molecule has 1 aromatic heterocycles. The minimum Gasteiger partial charge on any atom is -0.493 e. The van der Waals surface area contributed by atoms with Crippen molar-refractivity contribution in [1.82, 2.24) is 10.1 Å². The molecule has 0 saturated carbocycles. The number of sulfone groups is 1. The van der Waals surface area contributed by atoms with Crippen molar-refractivity contribution in [2.24, 2.45) is 5.92 Å². The van der Waals surface area contributed by atoms with E-state index < -0.39 is 9.84 Å². The number of hydrogen-bond acceptors (Lipinski definition) is 6. The average Bonchev–Trinajstić information content (AvgIpc) is 3.18. The third-order valence-electron chi connectivity index (χ3n) is 3.86. The van der Waals surface area contributed by atoms with Crippen LogP contribution >= 0.6 is 0 Å². The molecule has 0 bridgehead atoms. The molecule has 3 heterocycles. The molecule has 2 aromatic rings. The highest BCUT2D eigenvalue weighted by molar-refractivity contribution is 7.94. The molecular formula is C15H14N2O4S. The zero-order valence-corrected chi connectivity index (χ0v) is 12.5. The van der Waals surface area contributed by atoms with Gasteiger partial charge in [0.1, 0.15) is 5.75 Å². The minimum absolute atomic E-state index is 0.0910. The Labute approximate surface area is 127 Å². The monoisotopic (exact) mass is 318 g/mol. The van der Waals surface area contributed by atoms with Gasteiger partial charge >= 0.3 is 0 Å². The summed E-state index contributed by atoms with van der Waals surface area (Å²) in [6, 6.07) is 5.83. The molecule has 114 valence electrons. The first kappa shape index (κ1) is 13.5. The number of ether oxygens (including phenoxy) is 1. The van der Waals surface area contributed by atoms with Crippen LogP contribution in [-0.4, -0.2) is 30.9 Å². The van der Waals surface area contributed by atoms with Crippen LogP contribution in [0, 0.1) is 5.92 Å². The van der Waals surface area contributed by atoms with Crippen LogP contribution in [0.25, 0.3) is 11.4 Å². The molecule has 22 heavy (non-hydrogen) atoms. The van der Waals surface area contributed by atoms with Gasteiger partial charge in [-0.05, 0) is 23.8 Å². The lowest BCUT2D eigenvalue weighted by atomic mass is 10.1. The zero-order chi connectivity index (χ0) is 15.2. The number of benzene rings is 1. The van der Waals surface area contributed by atoms with Crippen LogP contribution in [0.3, 0.4) is 0 Å². The highest BCUT2D eigenvalue weighted by atomic mass is 32.2. The van der Waals surface area contributed by atoms with Gasteiger partial charge in [0.05, 0.1) is 12.4 Å². The van der Waals surface area contributed by atoms with Crippen LogP contribution in [-0.2, 0) is 22.7 Å². The molecule has 2 aliphatic rings. The number of nitrogens with zero attached hydrogens (tertiary/aromatic N) is 2. The van der Waals surface area contributed by atoms with E-state index in [2.05, 4.69) is 10.1 Å². The Kier molecular flexibility index (Phi) is 3.04. The Hall–Kier alpha value is -2.15. The maximum atomic E-state index is 11.4. The number of rotatable bonds is 3. The van der Waals surface area contributed by atoms with Crippen LogP contribution in [0.4, 0.5) is 0 Å². The molecule has 0 aliphatic carbocycles. The molecule has 1 unspecified atom stereocenters. The summed E-state index contributed by atoms with van der Waals surface area (Å²) >= 11 is 0. The smallest absolute Gasteiger partial charge is 0.227 e. The van der Waals surface area contributed by atoms with E-state index in [1.807, 2.05) is 18.2 Å². The fourth-order valence-electron chi connectivity index (χ4n) is 2.77. The fourth-order valence-corrected chi connectivity index (χ4v) is 4.17. The standard InChI is InChI=1S/C15H14N2O4S/c18-22(19)6-4-10(9-22)7-14-16-15(17-21-14)12-1-2-13-11(8-12)3-5-20-13/h1-2,4,6,8,10H,3,5,7,9H2. The summed E-state index contributed by atoms with van der Waals surface area (Å²) in [7, 11) is -3.05. The van der Waals surface area contributed by atoms with Gasteiger partial charge in [0.2, 0.25) is 11.7 Å². The predicted octanol–water partition coefficient (Wildman–Crippen LogP) is 1.77. The van der Waals surface area contributed by atoms with Crippen molar-refractivity contribution in [1.29, 1.82) is 0 Å². The fraction of sp³-hybridized carbons (Fsp3) is 0.333. The van der Waals surface area contributed by atoms with Gasteiger partial charge in [0.15, 0.2) is 9.84 Å². The van der Waals surface area contributed by atoms with Gasteiger partial charge in [-0.15, -0.1) is 0 Å². The van der Waals surface area contributed by atoms with Crippen molar-refractivity contribution in [3.8, 4) is 17.1 Å². The number of fused-ring (bicyclic) bond motifs is 1. The number of allylic oxidation sites excluding steroid dienone is 1. The zero-order valence-electron chi connectivity index (χ0n) is 11.7.